The highest BCUT2D eigenvalue weighted by Gasteiger charge is 2.16. The molecule has 22 heavy (non-hydrogen) atoms. The Kier molecular flexibility index (Phi) is 5.19. The van der Waals surface area contributed by atoms with E-state index in [-0.39, 0.29) is 11.6 Å². The van der Waals surface area contributed by atoms with Gasteiger partial charge in [-0.15, -0.1) is 0 Å². The van der Waals surface area contributed by atoms with Crippen molar-refractivity contribution in [2.24, 2.45) is 5.73 Å². The van der Waals surface area contributed by atoms with Gasteiger partial charge >= 0.3 is 0 Å². The molecule has 0 bridgehead atoms. The standard InChI is InChI=1S/C19H26N2O/c1-5-14-7-9-15(10-8-14)18(20)16-11-12-17(13(3)4)21(6-2)19(16)22/h7-13,18H,5-6,20H2,1-4H3. The summed E-state index contributed by atoms with van der Waals surface area (Å²) >= 11 is 0. The Morgan fingerprint density at radius 1 is 1.05 bits per heavy atom. The fourth-order valence-corrected chi connectivity index (χ4v) is 2.82. The first-order chi connectivity index (χ1) is 10.5. The van der Waals surface area contributed by atoms with Crippen molar-refractivity contribution in [1.29, 1.82) is 0 Å². The molecule has 1 unspecified atom stereocenters. The Hall–Kier alpha value is -1.87. The summed E-state index contributed by atoms with van der Waals surface area (Å²) in [7, 11) is 0. The van der Waals surface area contributed by atoms with Crippen molar-refractivity contribution in [2.75, 3.05) is 0 Å². The van der Waals surface area contributed by atoms with Crippen molar-refractivity contribution >= 4 is 0 Å². The molecule has 3 nitrogen and oxygen atoms in total. The van der Waals surface area contributed by atoms with Crippen molar-refractivity contribution in [1.82, 2.24) is 4.57 Å². The average molecular weight is 298 g/mol. The Bertz CT molecular complexity index is 684. The van der Waals surface area contributed by atoms with Crippen LogP contribution in [-0.2, 0) is 13.0 Å². The van der Waals surface area contributed by atoms with Crippen LogP contribution in [-0.4, -0.2) is 4.57 Å². The van der Waals surface area contributed by atoms with Crippen molar-refractivity contribution in [2.45, 2.75) is 52.6 Å². The van der Waals surface area contributed by atoms with E-state index < -0.39 is 0 Å². The van der Waals surface area contributed by atoms with Crippen LogP contribution < -0.4 is 11.3 Å². The van der Waals surface area contributed by atoms with Crippen LogP contribution in [0.15, 0.2) is 41.2 Å². The van der Waals surface area contributed by atoms with Crippen LogP contribution in [0.5, 0.6) is 0 Å². The number of aryl methyl sites for hydroxylation is 1. The summed E-state index contributed by atoms with van der Waals surface area (Å²) in [5.74, 6) is 0.321. The van der Waals surface area contributed by atoms with Gasteiger partial charge in [0.2, 0.25) is 0 Å². The van der Waals surface area contributed by atoms with Gasteiger partial charge in [0.05, 0.1) is 6.04 Å². The quantitative estimate of drug-likeness (QED) is 0.916. The predicted molar refractivity (Wildman–Crippen MR) is 92.3 cm³/mol. The number of nitrogens with two attached hydrogens (primary N) is 1. The van der Waals surface area contributed by atoms with E-state index in [9.17, 15) is 4.79 Å². The highest BCUT2D eigenvalue weighted by Crippen LogP contribution is 2.20. The Morgan fingerprint density at radius 3 is 2.18 bits per heavy atom. The molecule has 0 fully saturated rings. The number of nitrogens with zero attached hydrogens (tertiary/aromatic N) is 1. The number of pyridine rings is 1. The van der Waals surface area contributed by atoms with Gasteiger partial charge < -0.3 is 10.3 Å². The van der Waals surface area contributed by atoms with Crippen LogP contribution in [0.1, 0.15) is 62.0 Å². The van der Waals surface area contributed by atoms with Crippen LogP contribution in [0.25, 0.3) is 0 Å². The molecular formula is C19H26N2O. The van der Waals surface area contributed by atoms with Crippen molar-refractivity contribution in [3.63, 3.8) is 0 Å². The van der Waals surface area contributed by atoms with Gasteiger partial charge in [0.25, 0.3) is 5.56 Å². The molecule has 118 valence electrons. The third-order valence-corrected chi connectivity index (χ3v) is 4.23. The molecule has 2 N–H and O–H groups in total. The lowest BCUT2D eigenvalue weighted by atomic mass is 9.98. The zero-order valence-corrected chi connectivity index (χ0v) is 14.0. The normalized spacial score (nSPS) is 12.6. The molecule has 0 aliphatic heterocycles. The molecular weight excluding hydrogens is 272 g/mol. The van der Waals surface area contributed by atoms with E-state index >= 15 is 0 Å². The number of hydrogen-bond acceptors (Lipinski definition) is 2. The molecule has 3 heteroatoms. The number of benzene rings is 1. The molecule has 2 aromatic rings. The molecule has 0 aliphatic carbocycles. The van der Waals surface area contributed by atoms with E-state index in [1.807, 2.05) is 35.8 Å². The molecule has 0 spiro atoms. The Morgan fingerprint density at radius 2 is 1.68 bits per heavy atom. The fraction of sp³-hybridized carbons (Fsp3) is 0.421. The molecule has 1 heterocycles. The summed E-state index contributed by atoms with van der Waals surface area (Å²) in [6.07, 6.45) is 1.00. The smallest absolute Gasteiger partial charge is 0.255 e. The van der Waals surface area contributed by atoms with Gasteiger partial charge in [-0.05, 0) is 42.5 Å². The predicted octanol–water partition coefficient (Wildman–Crippen LogP) is 3.60. The topological polar surface area (TPSA) is 48.0 Å². The molecule has 1 aromatic carbocycles. The zero-order valence-electron chi connectivity index (χ0n) is 14.0. The molecule has 0 aliphatic rings. The maximum absolute atomic E-state index is 12.7. The minimum atomic E-state index is -0.377. The third kappa shape index (κ3) is 3.14. The second-order valence-electron chi connectivity index (χ2n) is 5.99. The van der Waals surface area contributed by atoms with Crippen molar-refractivity contribution in [3.8, 4) is 0 Å². The van der Waals surface area contributed by atoms with Crippen LogP contribution in [0.2, 0.25) is 0 Å². The SMILES string of the molecule is CCc1ccc(C(N)c2ccc(C(C)C)n(CC)c2=O)cc1. The van der Waals surface area contributed by atoms with Gasteiger partial charge in [0.1, 0.15) is 0 Å². The number of aromatic nitrogens is 1. The van der Waals surface area contributed by atoms with E-state index in [0.717, 1.165) is 17.7 Å². The first kappa shape index (κ1) is 16.5. The summed E-state index contributed by atoms with van der Waals surface area (Å²) in [5.41, 5.74) is 10.4. The number of rotatable bonds is 5. The maximum Gasteiger partial charge on any atom is 0.255 e. The van der Waals surface area contributed by atoms with Crippen LogP contribution in [0.4, 0.5) is 0 Å². The lowest BCUT2D eigenvalue weighted by Crippen LogP contribution is -2.30. The third-order valence-electron chi connectivity index (χ3n) is 4.23. The second kappa shape index (κ2) is 6.93. The largest absolute Gasteiger partial charge is 0.320 e. The van der Waals surface area contributed by atoms with Crippen LogP contribution in [0, 0.1) is 0 Å². The first-order valence-corrected chi connectivity index (χ1v) is 8.07. The lowest BCUT2D eigenvalue weighted by Gasteiger charge is -2.18. The minimum absolute atomic E-state index is 0.0285. The summed E-state index contributed by atoms with van der Waals surface area (Å²) in [6, 6.07) is 11.8. The van der Waals surface area contributed by atoms with Crippen LogP contribution in [0.3, 0.4) is 0 Å². The summed E-state index contributed by atoms with van der Waals surface area (Å²) < 4.78 is 1.83. The molecule has 0 amide bonds. The molecule has 2 rings (SSSR count). The van der Waals surface area contributed by atoms with Gasteiger partial charge in [-0.3, -0.25) is 4.79 Å². The summed E-state index contributed by atoms with van der Waals surface area (Å²) in [6.45, 7) is 8.99. The second-order valence-corrected chi connectivity index (χ2v) is 5.99. The van der Waals surface area contributed by atoms with Gasteiger partial charge in [-0.2, -0.15) is 0 Å². The van der Waals surface area contributed by atoms with E-state index in [4.69, 9.17) is 5.73 Å². The van der Waals surface area contributed by atoms with E-state index in [2.05, 4.69) is 32.9 Å². The van der Waals surface area contributed by atoms with E-state index in [0.29, 0.717) is 18.0 Å². The van der Waals surface area contributed by atoms with Gasteiger partial charge in [0.15, 0.2) is 0 Å². The fourth-order valence-electron chi connectivity index (χ4n) is 2.82. The molecule has 0 saturated heterocycles. The minimum Gasteiger partial charge on any atom is -0.320 e. The average Bonchev–Trinajstić information content (AvgIpc) is 2.53. The molecule has 1 aromatic heterocycles. The van der Waals surface area contributed by atoms with Gasteiger partial charge in [-0.1, -0.05) is 45.0 Å². The first-order valence-electron chi connectivity index (χ1n) is 8.07. The summed E-state index contributed by atoms with van der Waals surface area (Å²) in [5, 5.41) is 0. The van der Waals surface area contributed by atoms with Gasteiger partial charge in [-0.25, -0.2) is 0 Å². The molecule has 0 radical (unpaired) electrons. The lowest BCUT2D eigenvalue weighted by molar-refractivity contribution is 0.626. The molecule has 0 saturated carbocycles. The van der Waals surface area contributed by atoms with E-state index in [1.165, 1.54) is 5.56 Å². The van der Waals surface area contributed by atoms with Crippen molar-refractivity contribution < 1.29 is 0 Å². The Labute approximate surface area is 132 Å². The summed E-state index contributed by atoms with van der Waals surface area (Å²) in [4.78, 5) is 12.7. The maximum atomic E-state index is 12.7. The van der Waals surface area contributed by atoms with E-state index in [1.54, 1.807) is 0 Å². The van der Waals surface area contributed by atoms with Gasteiger partial charge in [0, 0.05) is 17.8 Å². The monoisotopic (exact) mass is 298 g/mol. The Balaban J connectivity index is 2.45. The highest BCUT2D eigenvalue weighted by molar-refractivity contribution is 5.33. The number of hydrogen-bond donors (Lipinski definition) is 1. The van der Waals surface area contributed by atoms with Crippen molar-refractivity contribution in [3.05, 3.63) is 69.1 Å². The molecule has 1 atom stereocenters. The zero-order chi connectivity index (χ0) is 16.3. The van der Waals surface area contributed by atoms with Crippen LogP contribution >= 0.6 is 0 Å². The highest BCUT2D eigenvalue weighted by atomic mass is 16.1.